The number of methoxy groups -OCH3 is 1. The van der Waals surface area contributed by atoms with Crippen molar-refractivity contribution in [1.82, 2.24) is 15.5 Å². The third-order valence-electron chi connectivity index (χ3n) is 3.04. The molecule has 0 aliphatic heterocycles. The summed E-state index contributed by atoms with van der Waals surface area (Å²) < 4.78 is 10.7. The minimum atomic E-state index is -0.281. The Morgan fingerprint density at radius 1 is 1.17 bits per heavy atom. The number of hydrogen-bond donors (Lipinski definition) is 2. The monoisotopic (exact) mass is 328 g/mol. The van der Waals surface area contributed by atoms with Crippen LogP contribution in [0.1, 0.15) is 10.5 Å². The maximum atomic E-state index is 11.7. The zero-order valence-electron chi connectivity index (χ0n) is 13.5. The average molecular weight is 328 g/mol. The first-order chi connectivity index (χ1) is 11.7. The quantitative estimate of drug-likeness (QED) is 0.540. The van der Waals surface area contributed by atoms with Gasteiger partial charge < -0.3 is 20.1 Å². The van der Waals surface area contributed by atoms with Gasteiger partial charge in [0.15, 0.2) is 5.69 Å². The number of carbonyl (C=O) groups excluding carboxylic acids is 1. The topological polar surface area (TPSA) is 85.4 Å². The van der Waals surface area contributed by atoms with Crippen molar-refractivity contribution >= 4 is 11.7 Å². The van der Waals surface area contributed by atoms with E-state index in [0.717, 1.165) is 11.5 Å². The van der Waals surface area contributed by atoms with E-state index < -0.39 is 0 Å². The maximum Gasteiger partial charge on any atom is 0.272 e. The van der Waals surface area contributed by atoms with Crippen molar-refractivity contribution in [2.45, 2.75) is 0 Å². The van der Waals surface area contributed by atoms with Crippen LogP contribution in [-0.2, 0) is 0 Å². The maximum absolute atomic E-state index is 11.7. The van der Waals surface area contributed by atoms with E-state index in [-0.39, 0.29) is 11.6 Å². The molecule has 0 spiro atoms. The highest BCUT2D eigenvalue weighted by Gasteiger charge is 2.06. The molecule has 7 nitrogen and oxygen atoms in total. The van der Waals surface area contributed by atoms with Gasteiger partial charge in [0.1, 0.15) is 23.9 Å². The van der Waals surface area contributed by atoms with E-state index in [1.54, 1.807) is 25.3 Å². The van der Waals surface area contributed by atoms with Gasteiger partial charge in [0, 0.05) is 6.54 Å². The van der Waals surface area contributed by atoms with E-state index in [9.17, 15) is 4.79 Å². The fourth-order valence-corrected chi connectivity index (χ4v) is 1.82. The van der Waals surface area contributed by atoms with Crippen molar-refractivity contribution < 1.29 is 14.3 Å². The molecule has 1 aromatic heterocycles. The van der Waals surface area contributed by atoms with Crippen LogP contribution in [0.4, 0.5) is 5.82 Å². The SMILES string of the molecule is C=CCNC(=O)c1ccc(NCCOc2ccc(OC)cc2)nn1. The minimum absolute atomic E-state index is 0.261. The van der Waals surface area contributed by atoms with Gasteiger partial charge in [-0.3, -0.25) is 4.79 Å². The van der Waals surface area contributed by atoms with Gasteiger partial charge in [-0.2, -0.15) is 0 Å². The summed E-state index contributed by atoms with van der Waals surface area (Å²) in [5.74, 6) is 1.84. The lowest BCUT2D eigenvalue weighted by Gasteiger charge is -2.08. The van der Waals surface area contributed by atoms with Crippen LogP contribution in [0.15, 0.2) is 49.1 Å². The molecule has 24 heavy (non-hydrogen) atoms. The van der Waals surface area contributed by atoms with E-state index in [1.165, 1.54) is 0 Å². The summed E-state index contributed by atoms with van der Waals surface area (Å²) in [6.07, 6.45) is 1.60. The summed E-state index contributed by atoms with van der Waals surface area (Å²) in [4.78, 5) is 11.7. The first-order valence-corrected chi connectivity index (χ1v) is 7.46. The number of nitrogens with one attached hydrogen (secondary N) is 2. The Balaban J connectivity index is 1.73. The van der Waals surface area contributed by atoms with Crippen LogP contribution in [0.25, 0.3) is 0 Å². The zero-order valence-corrected chi connectivity index (χ0v) is 13.5. The summed E-state index contributed by atoms with van der Waals surface area (Å²) in [5.41, 5.74) is 0.261. The fourth-order valence-electron chi connectivity index (χ4n) is 1.82. The highest BCUT2D eigenvalue weighted by atomic mass is 16.5. The number of carbonyl (C=O) groups is 1. The van der Waals surface area contributed by atoms with Crippen molar-refractivity contribution in [1.29, 1.82) is 0 Å². The van der Waals surface area contributed by atoms with Gasteiger partial charge in [-0.25, -0.2) is 0 Å². The Morgan fingerprint density at radius 3 is 2.54 bits per heavy atom. The first-order valence-electron chi connectivity index (χ1n) is 7.46. The number of amides is 1. The fraction of sp³-hybridized carbons (Fsp3) is 0.235. The van der Waals surface area contributed by atoms with Gasteiger partial charge in [-0.05, 0) is 36.4 Å². The van der Waals surface area contributed by atoms with E-state index in [4.69, 9.17) is 9.47 Å². The molecule has 0 aliphatic rings. The molecular formula is C17H20N4O3. The van der Waals surface area contributed by atoms with Gasteiger partial charge in [0.05, 0.1) is 13.7 Å². The Hall–Kier alpha value is -3.09. The molecule has 2 N–H and O–H groups in total. The molecule has 0 saturated heterocycles. The number of ether oxygens (including phenoxy) is 2. The van der Waals surface area contributed by atoms with Crippen LogP contribution in [0.2, 0.25) is 0 Å². The zero-order chi connectivity index (χ0) is 17.2. The van der Waals surface area contributed by atoms with E-state index >= 15 is 0 Å². The van der Waals surface area contributed by atoms with Gasteiger partial charge in [-0.15, -0.1) is 16.8 Å². The number of hydrogen-bond acceptors (Lipinski definition) is 6. The summed E-state index contributed by atoms with van der Waals surface area (Å²) in [6, 6.07) is 10.7. The standard InChI is InChI=1S/C17H20N4O3/c1-3-10-19-17(22)15-8-9-16(21-20-15)18-11-12-24-14-6-4-13(23-2)5-7-14/h3-9H,1,10-12H2,2H3,(H,18,21)(H,19,22). The molecule has 2 aromatic rings. The molecule has 7 heteroatoms. The Bertz CT molecular complexity index is 657. The van der Waals surface area contributed by atoms with Crippen LogP contribution >= 0.6 is 0 Å². The molecule has 1 aromatic carbocycles. The minimum Gasteiger partial charge on any atom is -0.497 e. The third kappa shape index (κ3) is 5.28. The number of nitrogens with zero attached hydrogens (tertiary/aromatic N) is 2. The van der Waals surface area contributed by atoms with Gasteiger partial charge in [-0.1, -0.05) is 6.08 Å². The van der Waals surface area contributed by atoms with Crippen molar-refractivity contribution in [3.8, 4) is 11.5 Å². The molecular weight excluding hydrogens is 308 g/mol. The van der Waals surface area contributed by atoms with Crippen molar-refractivity contribution in [2.75, 3.05) is 32.1 Å². The van der Waals surface area contributed by atoms with Gasteiger partial charge in [0.25, 0.3) is 5.91 Å². The molecule has 0 saturated carbocycles. The predicted octanol–water partition coefficient (Wildman–Crippen LogP) is 1.89. The van der Waals surface area contributed by atoms with Gasteiger partial charge >= 0.3 is 0 Å². The molecule has 0 fully saturated rings. The third-order valence-corrected chi connectivity index (χ3v) is 3.04. The second-order valence-electron chi connectivity index (χ2n) is 4.75. The van der Waals surface area contributed by atoms with Crippen LogP contribution in [0, 0.1) is 0 Å². The number of aromatic nitrogens is 2. The molecule has 0 unspecified atom stereocenters. The molecule has 1 heterocycles. The average Bonchev–Trinajstić information content (AvgIpc) is 2.64. The van der Waals surface area contributed by atoms with Crippen LogP contribution in [0.3, 0.4) is 0 Å². The van der Waals surface area contributed by atoms with Crippen LogP contribution in [-0.4, -0.2) is 42.9 Å². The summed E-state index contributed by atoms with van der Waals surface area (Å²) in [7, 11) is 1.62. The molecule has 126 valence electrons. The summed E-state index contributed by atoms with van der Waals surface area (Å²) in [6.45, 7) is 4.95. The number of anilines is 1. The molecule has 0 bridgehead atoms. The van der Waals surface area contributed by atoms with E-state index in [1.807, 2.05) is 24.3 Å². The van der Waals surface area contributed by atoms with Crippen molar-refractivity contribution in [2.24, 2.45) is 0 Å². The molecule has 0 aliphatic carbocycles. The number of rotatable bonds is 9. The summed E-state index contributed by atoms with van der Waals surface area (Å²) >= 11 is 0. The van der Waals surface area contributed by atoms with Crippen molar-refractivity contribution in [3.63, 3.8) is 0 Å². The van der Waals surface area contributed by atoms with Crippen LogP contribution < -0.4 is 20.1 Å². The van der Waals surface area contributed by atoms with E-state index in [2.05, 4.69) is 27.4 Å². The highest BCUT2D eigenvalue weighted by Crippen LogP contribution is 2.16. The second-order valence-corrected chi connectivity index (χ2v) is 4.75. The lowest BCUT2D eigenvalue weighted by atomic mass is 10.3. The van der Waals surface area contributed by atoms with Crippen molar-refractivity contribution in [3.05, 3.63) is 54.7 Å². The Morgan fingerprint density at radius 2 is 1.92 bits per heavy atom. The molecule has 0 radical (unpaired) electrons. The Labute approximate surface area is 140 Å². The molecule has 1 amide bonds. The van der Waals surface area contributed by atoms with Crippen LogP contribution in [0.5, 0.6) is 11.5 Å². The smallest absolute Gasteiger partial charge is 0.272 e. The first kappa shape index (κ1) is 17.3. The highest BCUT2D eigenvalue weighted by molar-refractivity contribution is 5.92. The van der Waals surface area contributed by atoms with E-state index in [0.29, 0.717) is 25.5 Å². The second kappa shape index (κ2) is 9.14. The van der Waals surface area contributed by atoms with Gasteiger partial charge in [0.2, 0.25) is 0 Å². The number of benzene rings is 1. The lowest BCUT2D eigenvalue weighted by molar-refractivity contribution is 0.0952. The largest absolute Gasteiger partial charge is 0.497 e. The summed E-state index contributed by atoms with van der Waals surface area (Å²) in [5, 5.41) is 13.5. The molecule has 2 rings (SSSR count). The molecule has 0 atom stereocenters. The Kier molecular flexibility index (Phi) is 6.58. The predicted molar refractivity (Wildman–Crippen MR) is 91.5 cm³/mol. The normalized spacial score (nSPS) is 9.88. The lowest BCUT2D eigenvalue weighted by Crippen LogP contribution is -2.24.